The Morgan fingerprint density at radius 3 is 2.85 bits per heavy atom. The Morgan fingerprint density at radius 1 is 1.46 bits per heavy atom. The summed E-state index contributed by atoms with van der Waals surface area (Å²) < 4.78 is 0. The van der Waals surface area contributed by atoms with Crippen molar-refractivity contribution in [1.82, 2.24) is 0 Å². The predicted octanol–water partition coefficient (Wildman–Crippen LogP) is 2.44. The van der Waals surface area contributed by atoms with Crippen LogP contribution in [-0.4, -0.2) is 6.41 Å². The third kappa shape index (κ3) is 1.72. The number of hydrogen-bond acceptors (Lipinski definition) is 1. The van der Waals surface area contributed by atoms with Crippen LogP contribution >= 0.6 is 0 Å². The normalized spacial score (nSPS) is 15.5. The largest absolute Gasteiger partial charge is 0.328 e. The molecule has 0 atom stereocenters. The second kappa shape index (κ2) is 3.21. The minimum absolute atomic E-state index is 0.683. The van der Waals surface area contributed by atoms with Gasteiger partial charge in [0, 0.05) is 5.69 Å². The first-order valence-electron chi connectivity index (χ1n) is 4.62. The summed E-state index contributed by atoms with van der Waals surface area (Å²) in [5.74, 6) is 0.683. The molecule has 0 spiro atoms. The van der Waals surface area contributed by atoms with Crippen LogP contribution in [0.1, 0.15) is 29.9 Å². The van der Waals surface area contributed by atoms with E-state index in [-0.39, 0.29) is 0 Å². The standard InChI is InChI=1S/C11H13NO/c1-8-2-5-11(12-7-13)10(6-8)9-3-4-9/h2,5-7,9H,3-4H2,1H3,(H,12,13). The molecule has 2 rings (SSSR count). The van der Waals surface area contributed by atoms with E-state index < -0.39 is 0 Å². The summed E-state index contributed by atoms with van der Waals surface area (Å²) in [6.07, 6.45) is 3.27. The zero-order valence-corrected chi connectivity index (χ0v) is 7.71. The Balaban J connectivity index is 2.35. The summed E-state index contributed by atoms with van der Waals surface area (Å²) in [7, 11) is 0. The van der Waals surface area contributed by atoms with Gasteiger partial charge in [0.1, 0.15) is 0 Å². The SMILES string of the molecule is Cc1ccc(NC=O)c(C2CC2)c1. The van der Waals surface area contributed by atoms with Crippen molar-refractivity contribution in [2.75, 3.05) is 5.32 Å². The second-order valence-electron chi connectivity index (χ2n) is 3.63. The van der Waals surface area contributed by atoms with E-state index in [9.17, 15) is 4.79 Å². The Morgan fingerprint density at radius 2 is 2.23 bits per heavy atom. The minimum atomic E-state index is 0.683. The molecule has 1 aromatic carbocycles. The summed E-state index contributed by atoms with van der Waals surface area (Å²) in [5, 5.41) is 2.74. The lowest BCUT2D eigenvalue weighted by Crippen LogP contribution is -1.98. The van der Waals surface area contributed by atoms with Crippen LogP contribution in [0.25, 0.3) is 0 Å². The highest BCUT2D eigenvalue weighted by molar-refractivity contribution is 5.74. The Bertz CT molecular complexity index is 329. The van der Waals surface area contributed by atoms with E-state index in [1.807, 2.05) is 12.1 Å². The molecule has 0 saturated heterocycles. The molecule has 2 heteroatoms. The van der Waals surface area contributed by atoms with Gasteiger partial charge < -0.3 is 5.32 Å². The number of rotatable bonds is 3. The smallest absolute Gasteiger partial charge is 0.211 e. The number of nitrogens with one attached hydrogen (secondary N) is 1. The summed E-state index contributed by atoms with van der Waals surface area (Å²) in [6, 6.07) is 6.18. The molecule has 0 aliphatic heterocycles. The summed E-state index contributed by atoms with van der Waals surface area (Å²) in [4.78, 5) is 10.3. The van der Waals surface area contributed by atoms with Gasteiger partial charge >= 0.3 is 0 Å². The monoisotopic (exact) mass is 175 g/mol. The van der Waals surface area contributed by atoms with Gasteiger partial charge in [-0.05, 0) is 37.3 Å². The molecule has 1 N–H and O–H groups in total. The highest BCUT2D eigenvalue weighted by Gasteiger charge is 2.25. The van der Waals surface area contributed by atoms with Crippen molar-refractivity contribution < 1.29 is 4.79 Å². The van der Waals surface area contributed by atoms with E-state index in [2.05, 4.69) is 18.3 Å². The summed E-state index contributed by atoms with van der Waals surface area (Å²) in [5.41, 5.74) is 3.54. The van der Waals surface area contributed by atoms with E-state index in [0.717, 1.165) is 12.1 Å². The Labute approximate surface area is 78.0 Å². The highest BCUT2D eigenvalue weighted by Crippen LogP contribution is 2.43. The molecule has 1 amide bonds. The molecule has 1 aromatic rings. The first-order valence-corrected chi connectivity index (χ1v) is 4.62. The quantitative estimate of drug-likeness (QED) is 0.702. The summed E-state index contributed by atoms with van der Waals surface area (Å²) in [6.45, 7) is 2.08. The molecule has 68 valence electrons. The number of carbonyl (C=O) groups is 1. The average Bonchev–Trinajstić information content (AvgIpc) is 2.91. The van der Waals surface area contributed by atoms with Crippen molar-refractivity contribution in [2.24, 2.45) is 0 Å². The molecule has 0 bridgehead atoms. The first-order chi connectivity index (χ1) is 6.31. The Kier molecular flexibility index (Phi) is 2.05. The lowest BCUT2D eigenvalue weighted by atomic mass is 10.1. The molecular formula is C11H13NO. The van der Waals surface area contributed by atoms with Crippen molar-refractivity contribution in [3.8, 4) is 0 Å². The lowest BCUT2D eigenvalue weighted by molar-refractivity contribution is -0.105. The van der Waals surface area contributed by atoms with Crippen LogP contribution in [0.4, 0.5) is 5.69 Å². The predicted molar refractivity (Wildman–Crippen MR) is 52.8 cm³/mol. The number of amides is 1. The van der Waals surface area contributed by atoms with Crippen molar-refractivity contribution in [1.29, 1.82) is 0 Å². The lowest BCUT2D eigenvalue weighted by Gasteiger charge is -2.07. The second-order valence-corrected chi connectivity index (χ2v) is 3.63. The molecule has 1 saturated carbocycles. The topological polar surface area (TPSA) is 29.1 Å². The fourth-order valence-corrected chi connectivity index (χ4v) is 1.61. The maximum atomic E-state index is 10.3. The molecule has 2 nitrogen and oxygen atoms in total. The fraction of sp³-hybridized carbons (Fsp3) is 0.364. The van der Waals surface area contributed by atoms with Crippen molar-refractivity contribution in [3.63, 3.8) is 0 Å². The van der Waals surface area contributed by atoms with Gasteiger partial charge in [0.25, 0.3) is 0 Å². The maximum Gasteiger partial charge on any atom is 0.211 e. The molecule has 0 heterocycles. The third-order valence-corrected chi connectivity index (χ3v) is 2.44. The van der Waals surface area contributed by atoms with Crippen LogP contribution in [0.5, 0.6) is 0 Å². The van der Waals surface area contributed by atoms with Crippen molar-refractivity contribution >= 4 is 12.1 Å². The van der Waals surface area contributed by atoms with Crippen molar-refractivity contribution in [2.45, 2.75) is 25.7 Å². The number of anilines is 1. The number of aryl methyl sites for hydroxylation is 1. The van der Waals surface area contributed by atoms with E-state index in [1.165, 1.54) is 24.0 Å². The minimum Gasteiger partial charge on any atom is -0.328 e. The molecule has 0 radical (unpaired) electrons. The van der Waals surface area contributed by atoms with Crippen molar-refractivity contribution in [3.05, 3.63) is 29.3 Å². The van der Waals surface area contributed by atoms with Gasteiger partial charge in [0.15, 0.2) is 0 Å². The fourth-order valence-electron chi connectivity index (χ4n) is 1.61. The zero-order chi connectivity index (χ0) is 9.26. The van der Waals surface area contributed by atoms with Gasteiger partial charge in [-0.15, -0.1) is 0 Å². The van der Waals surface area contributed by atoms with Gasteiger partial charge in [-0.2, -0.15) is 0 Å². The molecule has 1 aliphatic carbocycles. The van der Waals surface area contributed by atoms with E-state index in [0.29, 0.717) is 5.92 Å². The average molecular weight is 175 g/mol. The molecule has 13 heavy (non-hydrogen) atoms. The number of benzene rings is 1. The summed E-state index contributed by atoms with van der Waals surface area (Å²) >= 11 is 0. The van der Waals surface area contributed by atoms with Gasteiger partial charge in [0.05, 0.1) is 0 Å². The Hall–Kier alpha value is -1.31. The van der Waals surface area contributed by atoms with Crippen LogP contribution in [0, 0.1) is 6.92 Å². The van der Waals surface area contributed by atoms with Gasteiger partial charge in [-0.1, -0.05) is 17.7 Å². The zero-order valence-electron chi connectivity index (χ0n) is 7.71. The number of hydrogen-bond donors (Lipinski definition) is 1. The van der Waals surface area contributed by atoms with Crippen LogP contribution in [0.15, 0.2) is 18.2 Å². The first kappa shape index (κ1) is 8.30. The third-order valence-electron chi connectivity index (χ3n) is 2.44. The molecular weight excluding hydrogens is 162 g/mol. The molecule has 1 fully saturated rings. The maximum absolute atomic E-state index is 10.3. The van der Waals surface area contributed by atoms with Crippen LogP contribution in [-0.2, 0) is 4.79 Å². The van der Waals surface area contributed by atoms with E-state index >= 15 is 0 Å². The molecule has 0 unspecified atom stereocenters. The van der Waals surface area contributed by atoms with Gasteiger partial charge in [0.2, 0.25) is 6.41 Å². The number of carbonyl (C=O) groups excluding carboxylic acids is 1. The highest BCUT2D eigenvalue weighted by atomic mass is 16.1. The van der Waals surface area contributed by atoms with Crippen LogP contribution in [0.3, 0.4) is 0 Å². The van der Waals surface area contributed by atoms with Crippen LogP contribution in [0.2, 0.25) is 0 Å². The molecule has 1 aliphatic rings. The van der Waals surface area contributed by atoms with E-state index in [1.54, 1.807) is 0 Å². The van der Waals surface area contributed by atoms with Gasteiger partial charge in [-0.3, -0.25) is 4.79 Å². The van der Waals surface area contributed by atoms with E-state index in [4.69, 9.17) is 0 Å². The van der Waals surface area contributed by atoms with Crippen LogP contribution < -0.4 is 5.32 Å². The van der Waals surface area contributed by atoms with Gasteiger partial charge in [-0.25, -0.2) is 0 Å². The molecule has 0 aromatic heterocycles.